The van der Waals surface area contributed by atoms with Crippen molar-refractivity contribution in [2.75, 3.05) is 31.6 Å². The molecule has 0 aromatic heterocycles. The monoisotopic (exact) mass is 599 g/mol. The van der Waals surface area contributed by atoms with Crippen molar-refractivity contribution in [3.05, 3.63) is 59.7 Å². The van der Waals surface area contributed by atoms with Crippen LogP contribution >= 0.6 is 11.8 Å². The molecule has 0 saturated heterocycles. The number of sulfone groups is 1. The SMILES string of the molecule is CCN(CC)[C@@H]1CCC(NC(=O)CNC(=O)c2cccc(C(F)(F)F)c2)[C@H](CS(=O)(=O)c2ccc(SC)cc2)C1. The fourth-order valence-corrected chi connectivity index (χ4v) is 7.29. The van der Waals surface area contributed by atoms with Crippen LogP contribution in [-0.2, 0) is 20.8 Å². The van der Waals surface area contributed by atoms with E-state index in [9.17, 15) is 31.2 Å². The van der Waals surface area contributed by atoms with E-state index in [-0.39, 0.29) is 28.2 Å². The maximum absolute atomic E-state index is 13.3. The summed E-state index contributed by atoms with van der Waals surface area (Å²) in [5.41, 5.74) is -1.17. The van der Waals surface area contributed by atoms with E-state index in [1.54, 1.807) is 24.3 Å². The van der Waals surface area contributed by atoms with Crippen molar-refractivity contribution in [3.8, 4) is 0 Å². The lowest BCUT2D eigenvalue weighted by atomic mass is 9.81. The van der Waals surface area contributed by atoms with Gasteiger partial charge in [0.1, 0.15) is 0 Å². The predicted molar refractivity (Wildman–Crippen MR) is 150 cm³/mol. The summed E-state index contributed by atoms with van der Waals surface area (Å²) < 4.78 is 65.6. The zero-order chi connectivity index (χ0) is 29.5. The van der Waals surface area contributed by atoms with Gasteiger partial charge in [0.05, 0.1) is 22.8 Å². The first-order valence-electron chi connectivity index (χ1n) is 13.2. The van der Waals surface area contributed by atoms with Crippen molar-refractivity contribution in [1.29, 1.82) is 0 Å². The summed E-state index contributed by atoms with van der Waals surface area (Å²) in [6.07, 6.45) is -0.744. The lowest BCUT2D eigenvalue weighted by Gasteiger charge is -2.41. The smallest absolute Gasteiger partial charge is 0.352 e. The fourth-order valence-electron chi connectivity index (χ4n) is 5.20. The van der Waals surface area contributed by atoms with Crippen molar-refractivity contribution >= 4 is 33.4 Å². The molecule has 1 fully saturated rings. The van der Waals surface area contributed by atoms with Gasteiger partial charge in [0.25, 0.3) is 5.91 Å². The van der Waals surface area contributed by atoms with Gasteiger partial charge < -0.3 is 15.5 Å². The third kappa shape index (κ3) is 8.47. The van der Waals surface area contributed by atoms with E-state index < -0.39 is 46.0 Å². The largest absolute Gasteiger partial charge is 0.416 e. The summed E-state index contributed by atoms with van der Waals surface area (Å²) >= 11 is 1.52. The zero-order valence-electron chi connectivity index (χ0n) is 22.8. The second kappa shape index (κ2) is 13.9. The number of hydrogen-bond acceptors (Lipinski definition) is 6. The zero-order valence-corrected chi connectivity index (χ0v) is 24.5. The van der Waals surface area contributed by atoms with Gasteiger partial charge in [-0.15, -0.1) is 11.8 Å². The lowest BCUT2D eigenvalue weighted by Crippen LogP contribution is -2.52. The molecule has 0 aliphatic heterocycles. The minimum atomic E-state index is -4.59. The summed E-state index contributed by atoms with van der Waals surface area (Å²) in [6.45, 7) is 5.33. The van der Waals surface area contributed by atoms with Gasteiger partial charge in [-0.25, -0.2) is 8.42 Å². The first-order chi connectivity index (χ1) is 18.9. The number of carbonyl (C=O) groups is 2. The van der Waals surface area contributed by atoms with Crippen molar-refractivity contribution in [2.45, 2.75) is 61.2 Å². The van der Waals surface area contributed by atoms with Crippen molar-refractivity contribution in [1.82, 2.24) is 15.5 Å². The van der Waals surface area contributed by atoms with E-state index in [2.05, 4.69) is 29.4 Å². The molecule has 0 spiro atoms. The summed E-state index contributed by atoms with van der Waals surface area (Å²) in [5, 5.41) is 5.24. The van der Waals surface area contributed by atoms with Crippen LogP contribution < -0.4 is 10.6 Å². The summed E-state index contributed by atoms with van der Waals surface area (Å²) in [5.74, 6) is -1.82. The predicted octanol–water partition coefficient (Wildman–Crippen LogP) is 4.63. The van der Waals surface area contributed by atoms with Crippen molar-refractivity contribution < 1.29 is 31.2 Å². The van der Waals surface area contributed by atoms with Crippen LogP contribution in [0.25, 0.3) is 0 Å². The summed E-state index contributed by atoms with van der Waals surface area (Å²) in [6, 6.07) is 10.5. The van der Waals surface area contributed by atoms with Crippen molar-refractivity contribution in [3.63, 3.8) is 0 Å². The average molecular weight is 600 g/mol. The van der Waals surface area contributed by atoms with E-state index in [4.69, 9.17) is 0 Å². The Balaban J connectivity index is 1.70. The lowest BCUT2D eigenvalue weighted by molar-refractivity contribution is -0.137. The molecule has 12 heteroatoms. The molecule has 2 aromatic rings. The van der Waals surface area contributed by atoms with E-state index in [0.29, 0.717) is 12.8 Å². The van der Waals surface area contributed by atoms with Crippen LogP contribution in [0.5, 0.6) is 0 Å². The molecule has 0 heterocycles. The molecule has 1 aliphatic carbocycles. The first-order valence-corrected chi connectivity index (χ1v) is 16.1. The third-order valence-electron chi connectivity index (χ3n) is 7.34. The van der Waals surface area contributed by atoms with Gasteiger partial charge in [0.2, 0.25) is 5.91 Å². The second-order valence-corrected chi connectivity index (χ2v) is 12.8. The highest BCUT2D eigenvalue weighted by atomic mass is 32.2. The molecular formula is C28H36F3N3O4S2. The van der Waals surface area contributed by atoms with Gasteiger partial charge in [-0.3, -0.25) is 9.59 Å². The van der Waals surface area contributed by atoms with Crippen LogP contribution in [0, 0.1) is 5.92 Å². The number of thioether (sulfide) groups is 1. The Morgan fingerprint density at radius 2 is 1.73 bits per heavy atom. The van der Waals surface area contributed by atoms with Crippen molar-refractivity contribution in [2.24, 2.45) is 5.92 Å². The number of alkyl halides is 3. The molecular weight excluding hydrogens is 563 g/mol. The number of hydrogen-bond donors (Lipinski definition) is 2. The molecule has 2 amide bonds. The summed E-state index contributed by atoms with van der Waals surface area (Å²) in [4.78, 5) is 28.7. The molecule has 7 nitrogen and oxygen atoms in total. The van der Waals surface area contributed by atoms with Crippen LogP contribution in [0.4, 0.5) is 13.2 Å². The minimum Gasteiger partial charge on any atom is -0.352 e. The Labute approximate surface area is 238 Å². The van der Waals surface area contributed by atoms with E-state index in [1.807, 2.05) is 6.26 Å². The van der Waals surface area contributed by atoms with Crippen LogP contribution in [-0.4, -0.2) is 68.9 Å². The van der Waals surface area contributed by atoms with Crippen LogP contribution in [0.15, 0.2) is 58.3 Å². The van der Waals surface area contributed by atoms with Crippen LogP contribution in [0.2, 0.25) is 0 Å². The maximum Gasteiger partial charge on any atom is 0.416 e. The van der Waals surface area contributed by atoms with Gasteiger partial charge in [-0.1, -0.05) is 19.9 Å². The first kappa shape index (κ1) is 32.0. The number of halogens is 3. The van der Waals surface area contributed by atoms with Crippen LogP contribution in [0.1, 0.15) is 49.0 Å². The highest BCUT2D eigenvalue weighted by Crippen LogP contribution is 2.32. The number of carbonyl (C=O) groups excluding carboxylic acids is 2. The fraction of sp³-hybridized carbons (Fsp3) is 0.500. The highest BCUT2D eigenvalue weighted by molar-refractivity contribution is 7.98. The standard InChI is InChI=1S/C28H36F3N3O4S2/c1-4-34(5-2)22-9-14-25(20(16-22)18-40(37,38)24-12-10-23(39-3)11-13-24)33-26(35)17-32-27(36)19-7-6-8-21(15-19)28(29,30)31/h6-8,10-13,15,20,22,25H,4-5,9,14,16-18H2,1-3H3,(H,32,36)(H,33,35)/t20-,22+,25?/m0/s1. The molecule has 1 aliphatic rings. The highest BCUT2D eigenvalue weighted by Gasteiger charge is 2.36. The van der Waals surface area contributed by atoms with E-state index in [1.165, 1.54) is 17.8 Å². The van der Waals surface area contributed by atoms with Gasteiger partial charge >= 0.3 is 6.18 Å². The minimum absolute atomic E-state index is 0.134. The molecule has 2 N–H and O–H groups in total. The summed E-state index contributed by atoms with van der Waals surface area (Å²) in [7, 11) is -3.63. The van der Waals surface area contributed by atoms with Gasteiger partial charge in [-0.2, -0.15) is 13.2 Å². The Morgan fingerprint density at radius 1 is 1.05 bits per heavy atom. The molecule has 1 unspecified atom stereocenters. The number of rotatable bonds is 11. The number of benzene rings is 2. The molecule has 0 radical (unpaired) electrons. The topological polar surface area (TPSA) is 95.6 Å². The van der Waals surface area contributed by atoms with Gasteiger partial charge in [-0.05, 0) is 87.0 Å². The molecule has 40 heavy (non-hydrogen) atoms. The molecule has 2 aromatic carbocycles. The number of amides is 2. The second-order valence-electron chi connectivity index (χ2n) is 9.84. The molecule has 3 rings (SSSR count). The van der Waals surface area contributed by atoms with Gasteiger partial charge in [0.15, 0.2) is 9.84 Å². The Kier molecular flexibility index (Phi) is 11.1. The van der Waals surface area contributed by atoms with E-state index >= 15 is 0 Å². The maximum atomic E-state index is 13.3. The molecule has 1 saturated carbocycles. The molecule has 3 atom stereocenters. The Bertz CT molecular complexity index is 1270. The van der Waals surface area contributed by atoms with E-state index in [0.717, 1.165) is 42.6 Å². The Morgan fingerprint density at radius 3 is 2.33 bits per heavy atom. The molecule has 0 bridgehead atoms. The number of nitrogens with zero attached hydrogens (tertiary/aromatic N) is 1. The quantitative estimate of drug-likeness (QED) is 0.366. The van der Waals surface area contributed by atoms with Gasteiger partial charge in [0, 0.05) is 22.5 Å². The number of nitrogens with one attached hydrogen (secondary N) is 2. The third-order valence-corrected chi connectivity index (χ3v) is 9.94. The Hall–Kier alpha value is -2.57. The normalized spacial score (nSPS) is 19.8. The average Bonchev–Trinajstić information content (AvgIpc) is 2.93. The molecule has 220 valence electrons. The van der Waals surface area contributed by atoms with Crippen LogP contribution in [0.3, 0.4) is 0 Å².